The first-order valence-corrected chi connectivity index (χ1v) is 8.29. The monoisotopic (exact) mass is 184 g/mol. The molecular formula is C7H18FPS. The zero-order valence-electron chi connectivity index (χ0n) is 7.73. The summed E-state index contributed by atoms with van der Waals surface area (Å²) in [5.74, 6) is 0. The minimum absolute atomic E-state index is 0.0465. The number of halogens is 1. The van der Waals surface area contributed by atoms with E-state index in [0.29, 0.717) is 0 Å². The van der Waals surface area contributed by atoms with Crippen LogP contribution in [0.4, 0.5) is 4.20 Å². The van der Waals surface area contributed by atoms with Gasteiger partial charge in [-0.1, -0.05) is 0 Å². The van der Waals surface area contributed by atoms with Gasteiger partial charge in [-0.25, -0.2) is 0 Å². The van der Waals surface area contributed by atoms with Gasteiger partial charge >= 0.3 is 67.2 Å². The van der Waals surface area contributed by atoms with E-state index in [1.54, 1.807) is 20.0 Å². The Labute approximate surface area is 67.8 Å². The summed E-state index contributed by atoms with van der Waals surface area (Å²) in [4.78, 5) is 0. The van der Waals surface area contributed by atoms with Crippen molar-refractivity contribution in [3.8, 4) is 0 Å². The fraction of sp³-hybridized carbons (Fsp3) is 1.00. The molecule has 0 bridgehead atoms. The molecule has 0 saturated carbocycles. The molecule has 0 aliphatic rings. The van der Waals surface area contributed by atoms with Gasteiger partial charge in [0.2, 0.25) is 0 Å². The molecule has 0 N–H and O–H groups in total. The Kier molecular flexibility index (Phi) is 2.52. The van der Waals surface area contributed by atoms with Crippen molar-refractivity contribution in [3.63, 3.8) is 0 Å². The molecular weight excluding hydrogens is 166 g/mol. The maximum absolute atomic E-state index is 13.7. The molecule has 0 aromatic heterocycles. The van der Waals surface area contributed by atoms with Crippen LogP contribution in [0.3, 0.4) is 0 Å². The molecule has 10 heavy (non-hydrogen) atoms. The average Bonchev–Trinajstić information content (AvgIpc) is 1.09. The van der Waals surface area contributed by atoms with E-state index in [1.165, 1.54) is 11.4 Å². The molecule has 0 amide bonds. The molecule has 0 aromatic rings. The summed E-state index contributed by atoms with van der Waals surface area (Å²) < 4.78 is 13.7. The first kappa shape index (κ1) is 10.7. The molecule has 0 fully saturated rings. The molecule has 0 unspecified atom stereocenters. The number of hydrogen-bond acceptors (Lipinski definition) is 1. The molecule has 0 saturated heterocycles. The molecule has 0 radical (unpaired) electrons. The van der Waals surface area contributed by atoms with Crippen molar-refractivity contribution in [2.24, 2.45) is 0 Å². The Morgan fingerprint density at radius 3 is 1.40 bits per heavy atom. The Bertz CT molecular complexity index is 120. The Morgan fingerprint density at radius 1 is 1.10 bits per heavy atom. The molecule has 0 aliphatic heterocycles. The van der Waals surface area contributed by atoms with Crippen LogP contribution in [0.1, 0.15) is 20.8 Å². The SMILES string of the molecule is CC(C)(C)SP(C)(C)(C)F. The molecule has 64 valence electrons. The molecule has 0 heterocycles. The fourth-order valence-electron chi connectivity index (χ4n) is 0.925. The topological polar surface area (TPSA) is 0 Å². The summed E-state index contributed by atoms with van der Waals surface area (Å²) in [6.07, 6.45) is -2.83. The van der Waals surface area contributed by atoms with Crippen LogP contribution in [0.25, 0.3) is 0 Å². The van der Waals surface area contributed by atoms with Crippen molar-refractivity contribution >= 4 is 17.5 Å². The van der Waals surface area contributed by atoms with Gasteiger partial charge in [0, 0.05) is 0 Å². The van der Waals surface area contributed by atoms with Gasteiger partial charge in [0.1, 0.15) is 0 Å². The fourth-order valence-corrected chi connectivity index (χ4v) is 8.33. The third-order valence-corrected chi connectivity index (χ3v) is 5.24. The van der Waals surface area contributed by atoms with Crippen LogP contribution in [0.2, 0.25) is 0 Å². The molecule has 0 nitrogen and oxygen atoms in total. The van der Waals surface area contributed by atoms with Crippen LogP contribution in [-0.2, 0) is 0 Å². The number of rotatable bonds is 1. The molecule has 0 atom stereocenters. The third-order valence-electron chi connectivity index (χ3n) is 0.582. The molecule has 3 heteroatoms. The summed E-state index contributed by atoms with van der Waals surface area (Å²) in [6.45, 7) is 11.4. The van der Waals surface area contributed by atoms with Crippen LogP contribution >= 0.6 is 17.5 Å². The summed E-state index contributed by atoms with van der Waals surface area (Å²) >= 11 is 1.48. The second kappa shape index (κ2) is 2.35. The Balaban J connectivity index is 4.18. The number of hydrogen-bond donors (Lipinski definition) is 0. The van der Waals surface area contributed by atoms with Gasteiger partial charge in [0.15, 0.2) is 0 Å². The van der Waals surface area contributed by atoms with E-state index in [9.17, 15) is 4.20 Å². The van der Waals surface area contributed by atoms with Gasteiger partial charge in [0.25, 0.3) is 0 Å². The quantitative estimate of drug-likeness (QED) is 0.559. The normalized spacial score (nSPS) is 18.1. The van der Waals surface area contributed by atoms with Crippen molar-refractivity contribution in [3.05, 3.63) is 0 Å². The van der Waals surface area contributed by atoms with Crippen LogP contribution in [0.5, 0.6) is 0 Å². The van der Waals surface area contributed by atoms with Crippen molar-refractivity contribution in [1.29, 1.82) is 0 Å². The predicted octanol–water partition coefficient (Wildman–Crippen LogP) is 3.76. The van der Waals surface area contributed by atoms with Crippen molar-refractivity contribution < 1.29 is 4.20 Å². The molecule has 0 spiro atoms. The standard InChI is InChI=1S/C7H18FPS/c1-7(2,3)10-9(4,5,6)8/h1-6H3. The van der Waals surface area contributed by atoms with Crippen molar-refractivity contribution in [2.75, 3.05) is 20.0 Å². The van der Waals surface area contributed by atoms with E-state index in [0.717, 1.165) is 0 Å². The van der Waals surface area contributed by atoms with E-state index in [2.05, 4.69) is 20.8 Å². The van der Waals surface area contributed by atoms with Gasteiger partial charge in [-0.3, -0.25) is 0 Å². The zero-order valence-corrected chi connectivity index (χ0v) is 9.44. The van der Waals surface area contributed by atoms with Gasteiger partial charge in [0.05, 0.1) is 0 Å². The summed E-state index contributed by atoms with van der Waals surface area (Å²) in [5.41, 5.74) is 0. The van der Waals surface area contributed by atoms with Gasteiger partial charge in [-0.05, 0) is 0 Å². The maximum atomic E-state index is 13.7. The second-order valence-corrected chi connectivity index (χ2v) is 15.3. The molecule has 0 aliphatic carbocycles. The van der Waals surface area contributed by atoms with Gasteiger partial charge in [-0.15, -0.1) is 0 Å². The zero-order chi connectivity index (χ0) is 8.65. The predicted molar refractivity (Wildman–Crippen MR) is 53.1 cm³/mol. The average molecular weight is 184 g/mol. The van der Waals surface area contributed by atoms with Crippen LogP contribution in [0.15, 0.2) is 0 Å². The molecule has 0 aromatic carbocycles. The van der Waals surface area contributed by atoms with E-state index in [1.807, 2.05) is 0 Å². The first-order valence-electron chi connectivity index (χ1n) is 3.40. The second-order valence-electron chi connectivity index (χ2n) is 4.67. The molecule has 0 rings (SSSR count). The first-order chi connectivity index (χ1) is 3.96. The summed E-state index contributed by atoms with van der Waals surface area (Å²) in [5, 5.41) is 0. The van der Waals surface area contributed by atoms with E-state index < -0.39 is 6.12 Å². The summed E-state index contributed by atoms with van der Waals surface area (Å²) in [6, 6.07) is 0. The van der Waals surface area contributed by atoms with Crippen molar-refractivity contribution in [2.45, 2.75) is 25.5 Å². The van der Waals surface area contributed by atoms with Crippen LogP contribution in [-0.4, -0.2) is 24.7 Å². The van der Waals surface area contributed by atoms with Gasteiger partial charge < -0.3 is 0 Å². The van der Waals surface area contributed by atoms with Crippen LogP contribution < -0.4 is 0 Å². The van der Waals surface area contributed by atoms with E-state index in [-0.39, 0.29) is 4.75 Å². The Hall–Kier alpha value is 0.710. The van der Waals surface area contributed by atoms with Crippen molar-refractivity contribution in [1.82, 2.24) is 0 Å². The summed E-state index contributed by atoms with van der Waals surface area (Å²) in [7, 11) is 0. The van der Waals surface area contributed by atoms with E-state index >= 15 is 0 Å². The third kappa shape index (κ3) is 8.71. The van der Waals surface area contributed by atoms with E-state index in [4.69, 9.17) is 0 Å². The Morgan fingerprint density at radius 2 is 1.40 bits per heavy atom. The van der Waals surface area contributed by atoms with Crippen LogP contribution in [0, 0.1) is 0 Å². The minimum atomic E-state index is -2.83. The van der Waals surface area contributed by atoms with Gasteiger partial charge in [-0.2, -0.15) is 0 Å².